The molecule has 1 aromatic heterocycles. The third-order valence-electron chi connectivity index (χ3n) is 4.38. The van der Waals surface area contributed by atoms with Crippen LogP contribution in [0, 0.1) is 23.4 Å². The summed E-state index contributed by atoms with van der Waals surface area (Å²) in [5.41, 5.74) is 0.402. The number of nitrogens with zero attached hydrogens (tertiary/aromatic N) is 2. The van der Waals surface area contributed by atoms with E-state index in [0.717, 1.165) is 31.6 Å². The van der Waals surface area contributed by atoms with Gasteiger partial charge in [0.25, 0.3) is 0 Å². The monoisotopic (exact) mass is 347 g/mol. The summed E-state index contributed by atoms with van der Waals surface area (Å²) < 4.78 is 48.7. The lowest BCUT2D eigenvalue weighted by molar-refractivity contribution is 0.251. The molecule has 2 aromatic carbocycles. The standard InChI is InChI=1S/C18H16F3N3O/c19-12-4-5-15(14(21)8-12)24-16-3-1-2-13(20)17(16)18(23-24)25-10-11-6-7-22-9-11/h1-5,8,11,22H,6-7,9-10H2/t11-/m1/s1. The Bertz CT molecular complexity index is 919. The number of aromatic nitrogens is 2. The van der Waals surface area contributed by atoms with Crippen LogP contribution >= 0.6 is 0 Å². The van der Waals surface area contributed by atoms with E-state index < -0.39 is 17.5 Å². The molecular weight excluding hydrogens is 331 g/mol. The van der Waals surface area contributed by atoms with Crippen LogP contribution < -0.4 is 10.1 Å². The van der Waals surface area contributed by atoms with Gasteiger partial charge in [0.15, 0.2) is 5.82 Å². The highest BCUT2D eigenvalue weighted by molar-refractivity contribution is 5.86. The van der Waals surface area contributed by atoms with Gasteiger partial charge in [0.2, 0.25) is 5.88 Å². The SMILES string of the molecule is Fc1ccc(-n2nc(OC[C@@H]3CCNC3)c3c(F)cccc32)c(F)c1. The van der Waals surface area contributed by atoms with Crippen LogP contribution in [-0.2, 0) is 0 Å². The predicted octanol–water partition coefficient (Wildman–Crippen LogP) is 3.43. The van der Waals surface area contributed by atoms with Gasteiger partial charge in [-0.1, -0.05) is 6.07 Å². The number of halogens is 3. The number of ether oxygens (including phenoxy) is 1. The van der Waals surface area contributed by atoms with Gasteiger partial charge in [-0.25, -0.2) is 17.9 Å². The molecule has 2 heterocycles. The van der Waals surface area contributed by atoms with Crippen LogP contribution in [0.25, 0.3) is 16.6 Å². The Morgan fingerprint density at radius 2 is 2.04 bits per heavy atom. The van der Waals surface area contributed by atoms with Crippen molar-refractivity contribution in [3.05, 3.63) is 53.8 Å². The molecule has 1 saturated heterocycles. The maximum atomic E-state index is 14.3. The highest BCUT2D eigenvalue weighted by Crippen LogP contribution is 2.31. The molecule has 0 aliphatic carbocycles. The van der Waals surface area contributed by atoms with E-state index in [1.807, 2.05) is 0 Å². The summed E-state index contributed by atoms with van der Waals surface area (Å²) in [5.74, 6) is -1.52. The molecule has 130 valence electrons. The third-order valence-corrected chi connectivity index (χ3v) is 4.38. The molecule has 1 aliphatic heterocycles. The number of fused-ring (bicyclic) bond motifs is 1. The van der Waals surface area contributed by atoms with Crippen LogP contribution in [0.2, 0.25) is 0 Å². The fourth-order valence-electron chi connectivity index (χ4n) is 3.09. The number of nitrogens with one attached hydrogen (secondary N) is 1. The first-order chi connectivity index (χ1) is 12.1. The minimum absolute atomic E-state index is 0.0365. The number of rotatable bonds is 4. The zero-order chi connectivity index (χ0) is 17.4. The first kappa shape index (κ1) is 16.0. The zero-order valence-corrected chi connectivity index (χ0v) is 13.3. The summed E-state index contributed by atoms with van der Waals surface area (Å²) in [6.45, 7) is 2.17. The Balaban J connectivity index is 1.78. The maximum absolute atomic E-state index is 14.3. The molecule has 0 bridgehead atoms. The van der Waals surface area contributed by atoms with Crippen molar-refractivity contribution in [1.82, 2.24) is 15.1 Å². The van der Waals surface area contributed by atoms with Crippen molar-refractivity contribution >= 4 is 10.9 Å². The quantitative estimate of drug-likeness (QED) is 0.786. The van der Waals surface area contributed by atoms with Crippen molar-refractivity contribution in [2.45, 2.75) is 6.42 Å². The fraction of sp³-hybridized carbons (Fsp3) is 0.278. The molecule has 0 amide bonds. The van der Waals surface area contributed by atoms with Gasteiger partial charge in [0.1, 0.15) is 17.3 Å². The average molecular weight is 347 g/mol. The van der Waals surface area contributed by atoms with Crippen LogP contribution in [0.5, 0.6) is 5.88 Å². The molecule has 1 atom stereocenters. The van der Waals surface area contributed by atoms with E-state index in [1.165, 1.54) is 22.9 Å². The molecule has 1 fully saturated rings. The van der Waals surface area contributed by atoms with Crippen molar-refractivity contribution in [3.8, 4) is 11.6 Å². The zero-order valence-electron chi connectivity index (χ0n) is 13.3. The Morgan fingerprint density at radius 1 is 1.16 bits per heavy atom. The van der Waals surface area contributed by atoms with Crippen LogP contribution in [0.4, 0.5) is 13.2 Å². The Labute approximate surface area is 142 Å². The third kappa shape index (κ3) is 2.95. The van der Waals surface area contributed by atoms with Gasteiger partial charge >= 0.3 is 0 Å². The summed E-state index contributed by atoms with van der Waals surface area (Å²) >= 11 is 0. The van der Waals surface area contributed by atoms with E-state index >= 15 is 0 Å². The lowest BCUT2D eigenvalue weighted by Gasteiger charge is -2.08. The van der Waals surface area contributed by atoms with Crippen molar-refractivity contribution < 1.29 is 17.9 Å². The topological polar surface area (TPSA) is 39.1 Å². The van der Waals surface area contributed by atoms with Crippen molar-refractivity contribution in [2.24, 2.45) is 5.92 Å². The first-order valence-corrected chi connectivity index (χ1v) is 8.09. The largest absolute Gasteiger partial charge is 0.476 e. The van der Waals surface area contributed by atoms with Gasteiger partial charge < -0.3 is 10.1 Å². The molecule has 0 radical (unpaired) electrons. The summed E-state index contributed by atoms with van der Waals surface area (Å²) in [4.78, 5) is 0. The van der Waals surface area contributed by atoms with E-state index in [1.54, 1.807) is 6.07 Å². The second kappa shape index (κ2) is 6.40. The summed E-state index contributed by atoms with van der Waals surface area (Å²) in [6, 6.07) is 7.62. The Morgan fingerprint density at radius 3 is 2.80 bits per heavy atom. The summed E-state index contributed by atoms with van der Waals surface area (Å²) in [5, 5.41) is 7.67. The summed E-state index contributed by atoms with van der Waals surface area (Å²) in [7, 11) is 0. The lowest BCUT2D eigenvalue weighted by Crippen LogP contribution is -2.15. The second-order valence-electron chi connectivity index (χ2n) is 6.12. The van der Waals surface area contributed by atoms with Gasteiger partial charge in [0.05, 0.1) is 17.5 Å². The molecule has 4 rings (SSSR count). The number of hydrogen-bond donors (Lipinski definition) is 1. The molecule has 4 nitrogen and oxygen atoms in total. The molecule has 3 aromatic rings. The molecular formula is C18H16F3N3O. The highest BCUT2D eigenvalue weighted by Gasteiger charge is 2.21. The highest BCUT2D eigenvalue weighted by atomic mass is 19.1. The van der Waals surface area contributed by atoms with Gasteiger partial charge in [-0.3, -0.25) is 0 Å². The molecule has 0 spiro atoms. The average Bonchev–Trinajstić information content (AvgIpc) is 3.21. The van der Waals surface area contributed by atoms with Crippen molar-refractivity contribution in [2.75, 3.05) is 19.7 Å². The van der Waals surface area contributed by atoms with E-state index in [-0.39, 0.29) is 17.0 Å². The van der Waals surface area contributed by atoms with Crippen LogP contribution in [-0.4, -0.2) is 29.5 Å². The van der Waals surface area contributed by atoms with Gasteiger partial charge in [-0.15, -0.1) is 5.10 Å². The van der Waals surface area contributed by atoms with Crippen molar-refractivity contribution in [3.63, 3.8) is 0 Å². The Hall–Kier alpha value is -2.54. The second-order valence-corrected chi connectivity index (χ2v) is 6.12. The molecule has 1 aliphatic rings. The van der Waals surface area contributed by atoms with E-state index in [0.29, 0.717) is 18.0 Å². The van der Waals surface area contributed by atoms with Gasteiger partial charge in [-0.05, 0) is 37.2 Å². The van der Waals surface area contributed by atoms with Crippen LogP contribution in [0.3, 0.4) is 0 Å². The number of hydrogen-bond acceptors (Lipinski definition) is 3. The van der Waals surface area contributed by atoms with E-state index in [4.69, 9.17) is 4.74 Å². The summed E-state index contributed by atoms with van der Waals surface area (Å²) in [6.07, 6.45) is 0.980. The van der Waals surface area contributed by atoms with Crippen LogP contribution in [0.15, 0.2) is 36.4 Å². The minimum atomic E-state index is -0.778. The normalized spacial score (nSPS) is 17.3. The fourth-order valence-corrected chi connectivity index (χ4v) is 3.09. The molecule has 1 N–H and O–H groups in total. The van der Waals surface area contributed by atoms with Gasteiger partial charge in [-0.2, -0.15) is 0 Å². The lowest BCUT2D eigenvalue weighted by atomic mass is 10.1. The molecule has 0 saturated carbocycles. The molecule has 7 heteroatoms. The Kier molecular flexibility index (Phi) is 4.09. The molecule has 25 heavy (non-hydrogen) atoms. The predicted molar refractivity (Wildman–Crippen MR) is 87.4 cm³/mol. The van der Waals surface area contributed by atoms with Crippen molar-refractivity contribution in [1.29, 1.82) is 0 Å². The molecule has 0 unspecified atom stereocenters. The van der Waals surface area contributed by atoms with E-state index in [2.05, 4.69) is 10.4 Å². The minimum Gasteiger partial charge on any atom is -0.476 e. The van der Waals surface area contributed by atoms with Crippen LogP contribution in [0.1, 0.15) is 6.42 Å². The maximum Gasteiger partial charge on any atom is 0.244 e. The smallest absolute Gasteiger partial charge is 0.244 e. The van der Waals surface area contributed by atoms with Gasteiger partial charge in [0, 0.05) is 18.5 Å². The number of benzene rings is 2. The van der Waals surface area contributed by atoms with E-state index in [9.17, 15) is 13.2 Å². The first-order valence-electron chi connectivity index (χ1n) is 8.09.